The van der Waals surface area contributed by atoms with E-state index in [2.05, 4.69) is 0 Å². The molecule has 0 aromatic heterocycles. The van der Waals surface area contributed by atoms with E-state index in [-0.39, 0.29) is 5.78 Å². The molecule has 0 saturated carbocycles. The van der Waals surface area contributed by atoms with Crippen molar-refractivity contribution in [3.8, 4) is 0 Å². The third-order valence-electron chi connectivity index (χ3n) is 2.39. The Morgan fingerprint density at radius 3 is 2.67 bits per heavy atom. The van der Waals surface area contributed by atoms with Crippen LogP contribution >= 0.6 is 11.8 Å². The first-order chi connectivity index (χ1) is 7.36. The van der Waals surface area contributed by atoms with Crippen LogP contribution in [0.15, 0.2) is 30.3 Å². The van der Waals surface area contributed by atoms with Gasteiger partial charge in [0.15, 0.2) is 5.78 Å². The Labute approximate surface area is 94.0 Å². The van der Waals surface area contributed by atoms with E-state index in [0.29, 0.717) is 11.7 Å². The maximum absolute atomic E-state index is 11.7. The second kappa shape index (κ2) is 5.33. The molecule has 1 aliphatic rings. The zero-order valence-corrected chi connectivity index (χ0v) is 9.33. The molecule has 0 amide bonds. The third kappa shape index (κ3) is 3.08. The molecule has 2 rings (SSSR count). The summed E-state index contributed by atoms with van der Waals surface area (Å²) >= 11 is 1.84. The van der Waals surface area contributed by atoms with Crippen molar-refractivity contribution in [1.29, 1.82) is 0 Å². The quantitative estimate of drug-likeness (QED) is 0.716. The lowest BCUT2D eigenvalue weighted by Crippen LogP contribution is -2.30. The fourth-order valence-electron chi connectivity index (χ4n) is 1.40. The van der Waals surface area contributed by atoms with Crippen LogP contribution in [0.2, 0.25) is 0 Å². The molecule has 0 atom stereocenters. The summed E-state index contributed by atoms with van der Waals surface area (Å²) in [4.78, 5) is 11.7. The van der Waals surface area contributed by atoms with Gasteiger partial charge < -0.3 is 4.74 Å². The lowest BCUT2D eigenvalue weighted by molar-refractivity contribution is 0.0455. The monoisotopic (exact) mass is 222 g/mol. The van der Waals surface area contributed by atoms with E-state index in [1.165, 1.54) is 0 Å². The molecule has 3 heteroatoms. The Bertz CT molecular complexity index is 320. The van der Waals surface area contributed by atoms with Crippen LogP contribution in [0, 0.1) is 0 Å². The predicted molar refractivity (Wildman–Crippen MR) is 62.5 cm³/mol. The summed E-state index contributed by atoms with van der Waals surface area (Å²) in [7, 11) is 0. The van der Waals surface area contributed by atoms with Gasteiger partial charge in [0.25, 0.3) is 0 Å². The van der Waals surface area contributed by atoms with Gasteiger partial charge in [0.2, 0.25) is 0 Å². The number of rotatable bonds is 5. The summed E-state index contributed by atoms with van der Waals surface area (Å²) in [5.74, 6) is 1.14. The van der Waals surface area contributed by atoms with Gasteiger partial charge >= 0.3 is 0 Å². The van der Waals surface area contributed by atoms with Gasteiger partial charge in [0.1, 0.15) is 0 Å². The first-order valence-electron chi connectivity index (χ1n) is 5.14. The number of carbonyl (C=O) groups excluding carboxylic acids is 1. The van der Waals surface area contributed by atoms with Crippen molar-refractivity contribution in [2.45, 2.75) is 11.7 Å². The van der Waals surface area contributed by atoms with E-state index in [1.54, 1.807) is 0 Å². The molecule has 2 nitrogen and oxygen atoms in total. The van der Waals surface area contributed by atoms with E-state index < -0.39 is 0 Å². The summed E-state index contributed by atoms with van der Waals surface area (Å²) in [6.07, 6.45) is 0.630. The summed E-state index contributed by atoms with van der Waals surface area (Å²) in [6, 6.07) is 9.48. The van der Waals surface area contributed by atoms with Crippen LogP contribution in [0.25, 0.3) is 0 Å². The highest BCUT2D eigenvalue weighted by Gasteiger charge is 2.18. The number of hydrogen-bond acceptors (Lipinski definition) is 3. The van der Waals surface area contributed by atoms with Crippen molar-refractivity contribution in [1.82, 2.24) is 0 Å². The summed E-state index contributed by atoms with van der Waals surface area (Å²) in [6.45, 7) is 1.70. The molecule has 0 aliphatic carbocycles. The van der Waals surface area contributed by atoms with E-state index in [0.717, 1.165) is 24.5 Å². The third-order valence-corrected chi connectivity index (χ3v) is 3.57. The van der Waals surface area contributed by atoms with E-state index in [9.17, 15) is 4.79 Å². The lowest BCUT2D eigenvalue weighted by atomic mass is 10.1. The number of carbonyl (C=O) groups is 1. The van der Waals surface area contributed by atoms with Crippen LogP contribution < -0.4 is 0 Å². The van der Waals surface area contributed by atoms with Crippen molar-refractivity contribution >= 4 is 17.5 Å². The molecule has 0 N–H and O–H groups in total. The van der Waals surface area contributed by atoms with Crippen LogP contribution in [-0.4, -0.2) is 30.0 Å². The van der Waals surface area contributed by atoms with Crippen molar-refractivity contribution in [2.24, 2.45) is 0 Å². The van der Waals surface area contributed by atoms with Gasteiger partial charge in [-0.2, -0.15) is 11.8 Å². The number of ether oxygens (including phenoxy) is 1. The first-order valence-corrected chi connectivity index (χ1v) is 6.19. The number of Topliss-reactive ketones (excluding diaryl/α,β-unsaturated/α-hetero) is 1. The van der Waals surface area contributed by atoms with Gasteiger partial charge in [-0.3, -0.25) is 4.79 Å². The van der Waals surface area contributed by atoms with Crippen LogP contribution in [0.4, 0.5) is 0 Å². The highest BCUT2D eigenvalue weighted by atomic mass is 32.2. The molecule has 1 aliphatic heterocycles. The minimum atomic E-state index is 0.239. The standard InChI is InChI=1S/C12H14O2S/c13-12(10-4-2-1-3-5-10)6-7-15-11-8-14-9-11/h1-5,11H,6-9H2. The molecule has 0 unspecified atom stereocenters. The summed E-state index contributed by atoms with van der Waals surface area (Å²) < 4.78 is 5.07. The van der Waals surface area contributed by atoms with Crippen molar-refractivity contribution in [3.63, 3.8) is 0 Å². The number of thioether (sulfide) groups is 1. The smallest absolute Gasteiger partial charge is 0.163 e. The Kier molecular flexibility index (Phi) is 3.80. The molecular formula is C12H14O2S. The first kappa shape index (κ1) is 10.7. The fraction of sp³-hybridized carbons (Fsp3) is 0.417. The molecular weight excluding hydrogens is 208 g/mol. The normalized spacial score (nSPS) is 16.0. The van der Waals surface area contributed by atoms with Gasteiger partial charge in [-0.15, -0.1) is 0 Å². The van der Waals surface area contributed by atoms with Crippen LogP contribution in [-0.2, 0) is 4.74 Å². The minimum Gasteiger partial charge on any atom is -0.379 e. The molecule has 80 valence electrons. The molecule has 0 spiro atoms. The van der Waals surface area contributed by atoms with Crippen LogP contribution in [0.1, 0.15) is 16.8 Å². The Morgan fingerprint density at radius 1 is 1.33 bits per heavy atom. The molecule has 0 bridgehead atoms. The maximum atomic E-state index is 11.7. The molecule has 1 aromatic rings. The Balaban J connectivity index is 1.72. The zero-order valence-electron chi connectivity index (χ0n) is 8.52. The van der Waals surface area contributed by atoms with Crippen LogP contribution in [0.5, 0.6) is 0 Å². The summed E-state index contributed by atoms with van der Waals surface area (Å²) in [5.41, 5.74) is 0.822. The molecule has 0 radical (unpaired) electrons. The van der Waals surface area contributed by atoms with Crippen molar-refractivity contribution in [2.75, 3.05) is 19.0 Å². The molecule has 1 saturated heterocycles. The minimum absolute atomic E-state index is 0.239. The number of benzene rings is 1. The Morgan fingerprint density at radius 2 is 2.07 bits per heavy atom. The largest absolute Gasteiger partial charge is 0.379 e. The molecule has 1 fully saturated rings. The lowest BCUT2D eigenvalue weighted by Gasteiger charge is -2.24. The second-order valence-electron chi connectivity index (χ2n) is 3.57. The van der Waals surface area contributed by atoms with Crippen molar-refractivity contribution < 1.29 is 9.53 Å². The van der Waals surface area contributed by atoms with Gasteiger partial charge in [0, 0.05) is 17.7 Å². The van der Waals surface area contributed by atoms with Gasteiger partial charge in [-0.25, -0.2) is 0 Å². The van der Waals surface area contributed by atoms with Gasteiger partial charge in [-0.05, 0) is 0 Å². The topological polar surface area (TPSA) is 26.3 Å². The molecule has 1 heterocycles. The van der Waals surface area contributed by atoms with E-state index in [4.69, 9.17) is 4.74 Å². The highest BCUT2D eigenvalue weighted by Crippen LogP contribution is 2.20. The Hall–Kier alpha value is -0.800. The van der Waals surface area contributed by atoms with E-state index in [1.807, 2.05) is 42.1 Å². The van der Waals surface area contributed by atoms with E-state index >= 15 is 0 Å². The number of ketones is 1. The zero-order chi connectivity index (χ0) is 10.5. The maximum Gasteiger partial charge on any atom is 0.163 e. The predicted octanol–water partition coefficient (Wildman–Crippen LogP) is 2.39. The second-order valence-corrected chi connectivity index (χ2v) is 4.98. The highest BCUT2D eigenvalue weighted by molar-refractivity contribution is 8.00. The average molecular weight is 222 g/mol. The van der Waals surface area contributed by atoms with Gasteiger partial charge in [0.05, 0.1) is 18.5 Å². The fourth-order valence-corrected chi connectivity index (χ4v) is 2.42. The van der Waals surface area contributed by atoms with Gasteiger partial charge in [-0.1, -0.05) is 30.3 Å². The SMILES string of the molecule is O=C(CCSC1COC1)c1ccccc1. The molecule has 15 heavy (non-hydrogen) atoms. The molecule has 1 aromatic carbocycles. The summed E-state index contributed by atoms with van der Waals surface area (Å²) in [5, 5.41) is 0.619. The average Bonchev–Trinajstić information content (AvgIpc) is 2.23. The number of hydrogen-bond donors (Lipinski definition) is 0. The van der Waals surface area contributed by atoms with Crippen LogP contribution in [0.3, 0.4) is 0 Å². The van der Waals surface area contributed by atoms with Crippen molar-refractivity contribution in [3.05, 3.63) is 35.9 Å².